The summed E-state index contributed by atoms with van der Waals surface area (Å²) >= 11 is 0. The molecule has 1 saturated heterocycles. The first-order valence-corrected chi connectivity index (χ1v) is 5.91. The number of benzene rings is 1. The average Bonchev–Trinajstić information content (AvgIpc) is 2.29. The van der Waals surface area contributed by atoms with Crippen LogP contribution in [0, 0.1) is 5.82 Å². The molecule has 1 unspecified atom stereocenters. The van der Waals surface area contributed by atoms with E-state index in [0.29, 0.717) is 0 Å². The number of aliphatic carboxylic acids is 1. The van der Waals surface area contributed by atoms with Crippen molar-refractivity contribution in [3.63, 3.8) is 0 Å². The molecular weight excluding hydrogens is 221 g/mol. The van der Waals surface area contributed by atoms with Crippen molar-refractivity contribution < 1.29 is 14.3 Å². The van der Waals surface area contributed by atoms with Gasteiger partial charge in [-0.2, -0.15) is 0 Å². The molecule has 1 fully saturated rings. The highest BCUT2D eigenvalue weighted by molar-refractivity contribution is 5.68. The molecule has 92 valence electrons. The van der Waals surface area contributed by atoms with Gasteiger partial charge in [-0.25, -0.2) is 4.39 Å². The highest BCUT2D eigenvalue weighted by Gasteiger charge is 2.24. The molecule has 0 radical (unpaired) electrons. The first-order valence-electron chi connectivity index (χ1n) is 5.91. The predicted octanol–water partition coefficient (Wildman–Crippen LogP) is 2.66. The SMILES string of the molecule is O=C(O)CC1CCCCN1c1cccc(F)c1. The fraction of sp³-hybridized carbons (Fsp3) is 0.462. The monoisotopic (exact) mass is 237 g/mol. The molecule has 1 aliphatic rings. The van der Waals surface area contributed by atoms with Crippen LogP contribution in [0.25, 0.3) is 0 Å². The van der Waals surface area contributed by atoms with Crippen LogP contribution in [0.1, 0.15) is 25.7 Å². The summed E-state index contributed by atoms with van der Waals surface area (Å²) in [6.07, 6.45) is 3.07. The highest BCUT2D eigenvalue weighted by atomic mass is 19.1. The van der Waals surface area contributed by atoms with Crippen LogP contribution >= 0.6 is 0 Å². The van der Waals surface area contributed by atoms with Crippen LogP contribution in [0.3, 0.4) is 0 Å². The lowest BCUT2D eigenvalue weighted by molar-refractivity contribution is -0.137. The van der Waals surface area contributed by atoms with Crippen LogP contribution in [0.15, 0.2) is 24.3 Å². The highest BCUT2D eigenvalue weighted by Crippen LogP contribution is 2.26. The van der Waals surface area contributed by atoms with Gasteiger partial charge in [0.05, 0.1) is 6.42 Å². The summed E-state index contributed by atoms with van der Waals surface area (Å²) in [6.45, 7) is 0.807. The molecule has 0 aliphatic carbocycles. The van der Waals surface area contributed by atoms with Crippen LogP contribution in [0.2, 0.25) is 0 Å². The summed E-state index contributed by atoms with van der Waals surface area (Å²) < 4.78 is 13.2. The number of carboxylic acids is 1. The minimum Gasteiger partial charge on any atom is -0.481 e. The zero-order valence-electron chi connectivity index (χ0n) is 9.60. The van der Waals surface area contributed by atoms with Gasteiger partial charge in [0.1, 0.15) is 5.82 Å². The van der Waals surface area contributed by atoms with E-state index in [9.17, 15) is 9.18 Å². The van der Waals surface area contributed by atoms with E-state index >= 15 is 0 Å². The molecule has 3 nitrogen and oxygen atoms in total. The quantitative estimate of drug-likeness (QED) is 0.878. The molecule has 1 atom stereocenters. The third-order valence-corrected chi connectivity index (χ3v) is 3.18. The van der Waals surface area contributed by atoms with E-state index in [1.807, 2.05) is 11.0 Å². The van der Waals surface area contributed by atoms with Crippen molar-refractivity contribution in [3.8, 4) is 0 Å². The number of anilines is 1. The van der Waals surface area contributed by atoms with Gasteiger partial charge in [-0.1, -0.05) is 6.07 Å². The lowest BCUT2D eigenvalue weighted by Gasteiger charge is -2.36. The molecule has 0 saturated carbocycles. The maximum atomic E-state index is 13.2. The third-order valence-electron chi connectivity index (χ3n) is 3.18. The van der Waals surface area contributed by atoms with Crippen molar-refractivity contribution in [2.45, 2.75) is 31.7 Å². The second kappa shape index (κ2) is 5.17. The molecule has 17 heavy (non-hydrogen) atoms. The molecule has 0 amide bonds. The summed E-state index contributed by atoms with van der Waals surface area (Å²) in [5, 5.41) is 8.88. The summed E-state index contributed by atoms with van der Waals surface area (Å²) in [4.78, 5) is 12.8. The van der Waals surface area contributed by atoms with E-state index in [2.05, 4.69) is 0 Å². The van der Waals surface area contributed by atoms with Gasteiger partial charge in [0.2, 0.25) is 0 Å². The van der Waals surface area contributed by atoms with Crippen molar-refractivity contribution in [2.75, 3.05) is 11.4 Å². The lowest BCUT2D eigenvalue weighted by Crippen LogP contribution is -2.40. The summed E-state index contributed by atoms with van der Waals surface area (Å²) in [5.41, 5.74) is 0.788. The Hall–Kier alpha value is -1.58. The van der Waals surface area contributed by atoms with Crippen LogP contribution in [-0.2, 0) is 4.79 Å². The van der Waals surface area contributed by atoms with E-state index < -0.39 is 5.97 Å². The number of carboxylic acid groups (broad SMARTS) is 1. The molecule has 1 aromatic rings. The van der Waals surface area contributed by atoms with Gasteiger partial charge in [0, 0.05) is 18.3 Å². The molecule has 4 heteroatoms. The van der Waals surface area contributed by atoms with Gasteiger partial charge >= 0.3 is 5.97 Å². The van der Waals surface area contributed by atoms with Crippen LogP contribution in [0.5, 0.6) is 0 Å². The number of nitrogens with zero attached hydrogens (tertiary/aromatic N) is 1. The van der Waals surface area contributed by atoms with E-state index in [4.69, 9.17) is 5.11 Å². The molecule has 1 heterocycles. The van der Waals surface area contributed by atoms with Crippen molar-refractivity contribution in [3.05, 3.63) is 30.1 Å². The maximum Gasteiger partial charge on any atom is 0.305 e. The zero-order chi connectivity index (χ0) is 12.3. The molecular formula is C13H16FNO2. The number of halogens is 1. The number of hydrogen-bond acceptors (Lipinski definition) is 2. The maximum absolute atomic E-state index is 13.2. The molecule has 1 aromatic carbocycles. The Morgan fingerprint density at radius 2 is 2.29 bits per heavy atom. The second-order valence-electron chi connectivity index (χ2n) is 4.42. The number of piperidine rings is 1. The molecule has 2 rings (SSSR count). The van der Waals surface area contributed by atoms with Crippen molar-refractivity contribution in [1.29, 1.82) is 0 Å². The van der Waals surface area contributed by atoms with Crippen molar-refractivity contribution >= 4 is 11.7 Å². The average molecular weight is 237 g/mol. The molecule has 0 bridgehead atoms. The Labute approximate surface area is 99.9 Å². The molecule has 1 N–H and O–H groups in total. The fourth-order valence-electron chi connectivity index (χ4n) is 2.41. The standard InChI is InChI=1S/C13H16FNO2/c14-10-4-3-6-11(8-10)15-7-2-1-5-12(15)9-13(16)17/h3-4,6,8,12H,1-2,5,7,9H2,(H,16,17). The Bertz CT molecular complexity index is 408. The van der Waals surface area contributed by atoms with Gasteiger partial charge < -0.3 is 10.0 Å². The Kier molecular flexibility index (Phi) is 3.61. The third kappa shape index (κ3) is 2.96. The first-order chi connectivity index (χ1) is 8.16. The van der Waals surface area contributed by atoms with E-state index in [1.165, 1.54) is 12.1 Å². The van der Waals surface area contributed by atoms with E-state index in [-0.39, 0.29) is 18.3 Å². The minimum atomic E-state index is -0.793. The Morgan fingerprint density at radius 1 is 1.47 bits per heavy atom. The van der Waals surface area contributed by atoms with Gasteiger partial charge in [-0.15, -0.1) is 0 Å². The number of rotatable bonds is 3. The van der Waals surface area contributed by atoms with Gasteiger partial charge in [-0.05, 0) is 37.5 Å². The van der Waals surface area contributed by atoms with Gasteiger partial charge in [0.15, 0.2) is 0 Å². The lowest BCUT2D eigenvalue weighted by atomic mass is 9.98. The van der Waals surface area contributed by atoms with E-state index in [0.717, 1.165) is 31.5 Å². The van der Waals surface area contributed by atoms with Crippen molar-refractivity contribution in [2.24, 2.45) is 0 Å². The number of hydrogen-bond donors (Lipinski definition) is 1. The van der Waals surface area contributed by atoms with E-state index in [1.54, 1.807) is 6.07 Å². The fourth-order valence-corrected chi connectivity index (χ4v) is 2.41. The van der Waals surface area contributed by atoms with Crippen LogP contribution in [0.4, 0.5) is 10.1 Å². The largest absolute Gasteiger partial charge is 0.481 e. The summed E-state index contributed by atoms with van der Waals surface area (Å²) in [5.74, 6) is -1.07. The smallest absolute Gasteiger partial charge is 0.305 e. The molecule has 0 aromatic heterocycles. The zero-order valence-corrected chi connectivity index (χ0v) is 9.60. The van der Waals surface area contributed by atoms with Crippen LogP contribution in [-0.4, -0.2) is 23.7 Å². The number of carbonyl (C=O) groups is 1. The minimum absolute atomic E-state index is 0.0111. The van der Waals surface area contributed by atoms with Gasteiger partial charge in [0.25, 0.3) is 0 Å². The van der Waals surface area contributed by atoms with Crippen molar-refractivity contribution in [1.82, 2.24) is 0 Å². The summed E-state index contributed by atoms with van der Waals surface area (Å²) in [6, 6.07) is 6.36. The van der Waals surface area contributed by atoms with Gasteiger partial charge in [-0.3, -0.25) is 4.79 Å². The second-order valence-corrected chi connectivity index (χ2v) is 4.42. The first kappa shape index (κ1) is 11.9. The summed E-state index contributed by atoms with van der Waals surface area (Å²) in [7, 11) is 0. The van der Waals surface area contributed by atoms with Crippen LogP contribution < -0.4 is 4.90 Å². The topological polar surface area (TPSA) is 40.5 Å². The molecule has 0 spiro atoms. The Morgan fingerprint density at radius 3 is 3.00 bits per heavy atom. The normalized spacial score (nSPS) is 20.3. The predicted molar refractivity (Wildman–Crippen MR) is 63.6 cm³/mol. The Balaban J connectivity index is 2.18. The molecule has 1 aliphatic heterocycles.